The number of aryl methyl sites for hydroxylation is 2. The Morgan fingerprint density at radius 2 is 1.64 bits per heavy atom. The summed E-state index contributed by atoms with van der Waals surface area (Å²) in [6.07, 6.45) is -4.62. The molecule has 1 fully saturated rings. The summed E-state index contributed by atoms with van der Waals surface area (Å²) in [4.78, 5) is 28.3. The van der Waals surface area contributed by atoms with Crippen molar-refractivity contribution < 1.29 is 27.9 Å². The summed E-state index contributed by atoms with van der Waals surface area (Å²) in [5.41, 5.74) is 1.41. The van der Waals surface area contributed by atoms with E-state index in [0.717, 1.165) is 28.2 Å². The molecule has 0 bridgehead atoms. The maximum absolute atomic E-state index is 13.5. The van der Waals surface area contributed by atoms with Crippen molar-refractivity contribution in [1.29, 1.82) is 0 Å². The van der Waals surface area contributed by atoms with E-state index >= 15 is 0 Å². The molecule has 1 aliphatic heterocycles. The fraction of sp³-hybridized carbons (Fsp3) is 0.286. The Balaban J connectivity index is 1.98. The first kappa shape index (κ1) is 25.7. The van der Waals surface area contributed by atoms with Crippen molar-refractivity contribution >= 4 is 34.5 Å². The number of hydrogen-bond acceptors (Lipinski definition) is 4. The van der Waals surface area contributed by atoms with Crippen LogP contribution in [0.2, 0.25) is 0 Å². The number of anilines is 1. The van der Waals surface area contributed by atoms with Crippen molar-refractivity contribution in [3.05, 3.63) is 92.2 Å². The average Bonchev–Trinajstić information content (AvgIpc) is 3.32. The minimum Gasteiger partial charge on any atom is -0.507 e. The Labute approximate surface area is 211 Å². The predicted molar refractivity (Wildman–Crippen MR) is 135 cm³/mol. The highest BCUT2D eigenvalue weighted by Gasteiger charge is 2.48. The second-order valence-corrected chi connectivity index (χ2v) is 10.9. The van der Waals surface area contributed by atoms with Gasteiger partial charge in [0.15, 0.2) is 0 Å². The molecule has 3 aromatic rings. The molecule has 1 aliphatic rings. The monoisotopic (exact) mass is 513 g/mol. The van der Waals surface area contributed by atoms with Crippen molar-refractivity contribution in [2.75, 3.05) is 4.90 Å². The van der Waals surface area contributed by atoms with Crippen LogP contribution < -0.4 is 4.90 Å². The molecular formula is C28H26F3NO3S. The molecule has 1 amide bonds. The Morgan fingerprint density at radius 3 is 2.22 bits per heavy atom. The number of aliphatic hydroxyl groups is 1. The van der Waals surface area contributed by atoms with Crippen LogP contribution in [0.1, 0.15) is 59.5 Å². The van der Waals surface area contributed by atoms with Gasteiger partial charge in [0.2, 0.25) is 0 Å². The van der Waals surface area contributed by atoms with Gasteiger partial charge in [0, 0.05) is 16.1 Å². The molecule has 4 rings (SSSR count). The van der Waals surface area contributed by atoms with E-state index in [2.05, 4.69) is 0 Å². The lowest BCUT2D eigenvalue weighted by Crippen LogP contribution is -2.29. The number of ketones is 1. The Hall–Kier alpha value is -3.39. The van der Waals surface area contributed by atoms with Gasteiger partial charge in [-0.2, -0.15) is 13.2 Å². The summed E-state index contributed by atoms with van der Waals surface area (Å²) >= 11 is 1.27. The number of hydrogen-bond donors (Lipinski definition) is 1. The van der Waals surface area contributed by atoms with Gasteiger partial charge < -0.3 is 5.11 Å². The van der Waals surface area contributed by atoms with Crippen molar-refractivity contribution in [3.8, 4) is 0 Å². The second kappa shape index (κ2) is 8.92. The molecule has 0 spiro atoms. The van der Waals surface area contributed by atoms with E-state index in [4.69, 9.17) is 0 Å². The van der Waals surface area contributed by atoms with E-state index in [1.165, 1.54) is 23.5 Å². The van der Waals surface area contributed by atoms with Crippen LogP contribution in [0.5, 0.6) is 0 Å². The average molecular weight is 514 g/mol. The SMILES string of the molecule is Cc1ccc(C(C)(C)C)cc1/C(O)=C1\C(=O)C(=O)N(c2cccc(C(F)(F)F)c2)C1c1sccc1C. The number of carbonyl (C=O) groups excluding carboxylic acids is 2. The molecule has 4 nitrogen and oxygen atoms in total. The first-order chi connectivity index (χ1) is 16.7. The molecule has 1 saturated heterocycles. The molecule has 1 atom stereocenters. The number of benzene rings is 2. The van der Waals surface area contributed by atoms with Gasteiger partial charge in [-0.15, -0.1) is 11.3 Å². The lowest BCUT2D eigenvalue weighted by Gasteiger charge is -2.26. The van der Waals surface area contributed by atoms with E-state index in [9.17, 15) is 27.9 Å². The van der Waals surface area contributed by atoms with E-state index in [1.807, 2.05) is 32.9 Å². The molecule has 2 heterocycles. The number of alkyl halides is 3. The van der Waals surface area contributed by atoms with Gasteiger partial charge >= 0.3 is 6.18 Å². The van der Waals surface area contributed by atoms with Gasteiger partial charge in [0.1, 0.15) is 11.8 Å². The van der Waals surface area contributed by atoms with Gasteiger partial charge in [0.05, 0.1) is 11.1 Å². The Bertz CT molecular complexity index is 1400. The quantitative estimate of drug-likeness (QED) is 0.227. The zero-order chi connectivity index (χ0) is 26.6. The van der Waals surface area contributed by atoms with Crippen molar-refractivity contribution in [3.63, 3.8) is 0 Å². The Morgan fingerprint density at radius 1 is 0.944 bits per heavy atom. The van der Waals surface area contributed by atoms with Crippen LogP contribution in [0.15, 0.2) is 59.5 Å². The number of nitrogens with zero attached hydrogens (tertiary/aromatic N) is 1. The van der Waals surface area contributed by atoms with Crippen LogP contribution in [0.25, 0.3) is 5.76 Å². The predicted octanol–water partition coefficient (Wildman–Crippen LogP) is 7.31. The first-order valence-corrected chi connectivity index (χ1v) is 12.2. The zero-order valence-electron chi connectivity index (χ0n) is 20.5. The molecule has 0 saturated carbocycles. The zero-order valence-corrected chi connectivity index (χ0v) is 21.3. The van der Waals surface area contributed by atoms with Crippen molar-refractivity contribution in [2.24, 2.45) is 0 Å². The smallest absolute Gasteiger partial charge is 0.416 e. The molecule has 188 valence electrons. The van der Waals surface area contributed by atoms with Crippen molar-refractivity contribution in [2.45, 2.75) is 52.3 Å². The minimum atomic E-state index is -4.62. The highest BCUT2D eigenvalue weighted by molar-refractivity contribution is 7.10. The third-order valence-corrected chi connectivity index (χ3v) is 7.48. The molecule has 2 aromatic carbocycles. The van der Waals surface area contributed by atoms with Crippen LogP contribution in [-0.4, -0.2) is 16.8 Å². The standard InChI is InChI=1S/C28H26F3NO3S/c1-15-9-10-17(27(3,4)5)14-20(15)23(33)21-22(25-16(2)11-12-36-25)32(26(35)24(21)34)19-8-6-7-18(13-19)28(29,30)31/h6-14,22,33H,1-5H3/b23-21+. The Kier molecular flexibility index (Phi) is 6.37. The van der Waals surface area contributed by atoms with Crippen LogP contribution in [0.3, 0.4) is 0 Å². The summed E-state index contributed by atoms with van der Waals surface area (Å²) < 4.78 is 40.4. The topological polar surface area (TPSA) is 57.6 Å². The van der Waals surface area contributed by atoms with E-state index in [0.29, 0.717) is 16.0 Å². The highest BCUT2D eigenvalue weighted by Crippen LogP contribution is 2.46. The molecule has 1 N–H and O–H groups in total. The van der Waals surface area contributed by atoms with Gasteiger partial charge in [-0.3, -0.25) is 14.5 Å². The van der Waals surface area contributed by atoms with Crippen LogP contribution >= 0.6 is 11.3 Å². The number of thiophene rings is 1. The molecular weight excluding hydrogens is 487 g/mol. The molecule has 0 radical (unpaired) electrons. The van der Waals surface area contributed by atoms with E-state index in [1.54, 1.807) is 31.4 Å². The third-order valence-electron chi connectivity index (χ3n) is 6.40. The second-order valence-electron chi connectivity index (χ2n) is 9.96. The number of halogens is 3. The number of aliphatic hydroxyl groups excluding tert-OH is 1. The largest absolute Gasteiger partial charge is 0.507 e. The van der Waals surface area contributed by atoms with Gasteiger partial charge in [-0.05, 0) is 71.7 Å². The molecule has 8 heteroatoms. The summed E-state index contributed by atoms with van der Waals surface area (Å²) in [5.74, 6) is -2.27. The first-order valence-electron chi connectivity index (χ1n) is 11.4. The molecule has 1 unspecified atom stereocenters. The van der Waals surface area contributed by atoms with Crippen LogP contribution in [0.4, 0.5) is 18.9 Å². The maximum atomic E-state index is 13.5. The minimum absolute atomic E-state index is 0.0658. The summed E-state index contributed by atoms with van der Waals surface area (Å²) in [6, 6.07) is 10.6. The fourth-order valence-electron chi connectivity index (χ4n) is 4.33. The van der Waals surface area contributed by atoms with E-state index < -0.39 is 29.5 Å². The summed E-state index contributed by atoms with van der Waals surface area (Å²) in [7, 11) is 0. The normalized spacial score (nSPS) is 18.2. The van der Waals surface area contributed by atoms with Crippen LogP contribution in [-0.2, 0) is 21.2 Å². The van der Waals surface area contributed by atoms with Gasteiger partial charge in [-0.1, -0.05) is 39.0 Å². The van der Waals surface area contributed by atoms with Gasteiger partial charge in [-0.25, -0.2) is 0 Å². The molecule has 36 heavy (non-hydrogen) atoms. The number of rotatable bonds is 3. The van der Waals surface area contributed by atoms with Crippen LogP contribution in [0, 0.1) is 13.8 Å². The summed E-state index contributed by atoms with van der Waals surface area (Å²) in [6.45, 7) is 9.63. The summed E-state index contributed by atoms with van der Waals surface area (Å²) in [5, 5.41) is 13.3. The number of amides is 1. The molecule has 0 aliphatic carbocycles. The molecule has 1 aromatic heterocycles. The number of carbonyl (C=O) groups is 2. The maximum Gasteiger partial charge on any atom is 0.416 e. The van der Waals surface area contributed by atoms with Gasteiger partial charge in [0.25, 0.3) is 11.7 Å². The van der Waals surface area contributed by atoms with E-state index in [-0.39, 0.29) is 22.4 Å². The fourth-order valence-corrected chi connectivity index (χ4v) is 5.36. The number of Topliss-reactive ketones (excluding diaryl/α,β-unsaturated/α-hetero) is 1. The van der Waals surface area contributed by atoms with Crippen molar-refractivity contribution in [1.82, 2.24) is 0 Å². The third kappa shape index (κ3) is 4.46. The lowest BCUT2D eigenvalue weighted by molar-refractivity contribution is -0.137. The lowest BCUT2D eigenvalue weighted by atomic mass is 9.84. The highest BCUT2D eigenvalue weighted by atomic mass is 32.1.